The molecule has 1 aliphatic heterocycles. The summed E-state index contributed by atoms with van der Waals surface area (Å²) < 4.78 is 6.15. The Morgan fingerprint density at radius 2 is 1.88 bits per heavy atom. The van der Waals surface area contributed by atoms with Crippen molar-refractivity contribution >= 4 is 62.2 Å². The fraction of sp³-hybridized carbons (Fsp3) is 0.0588. The second kappa shape index (κ2) is 7.01. The molecule has 0 N–H and O–H groups in total. The first kappa shape index (κ1) is 17.1. The van der Waals surface area contributed by atoms with Crippen LogP contribution in [0.4, 0.5) is 10.5 Å². The van der Waals surface area contributed by atoms with Crippen LogP contribution in [0.5, 0.6) is 5.75 Å². The number of carbonyl (C=O) groups excluding carboxylic acids is 2. The van der Waals surface area contributed by atoms with Crippen molar-refractivity contribution in [2.75, 3.05) is 12.0 Å². The van der Waals surface area contributed by atoms with Crippen molar-refractivity contribution in [3.63, 3.8) is 0 Å². The summed E-state index contributed by atoms with van der Waals surface area (Å²) in [5.74, 6) is 0.255. The largest absolute Gasteiger partial charge is 0.496 e. The number of ether oxygens (including phenoxy) is 1. The number of nitrogens with zero attached hydrogens (tertiary/aromatic N) is 1. The van der Waals surface area contributed by atoms with Gasteiger partial charge < -0.3 is 4.74 Å². The van der Waals surface area contributed by atoms with Crippen LogP contribution >= 0.6 is 39.3 Å². The Bertz CT molecular complexity index is 851. The number of benzene rings is 2. The lowest BCUT2D eigenvalue weighted by atomic mass is 10.2. The molecular formula is C17H11BrClNO3S. The third kappa shape index (κ3) is 3.36. The lowest BCUT2D eigenvalue weighted by molar-refractivity contribution is -0.113. The van der Waals surface area contributed by atoms with Gasteiger partial charge in [0.2, 0.25) is 0 Å². The molecule has 24 heavy (non-hydrogen) atoms. The lowest BCUT2D eigenvalue weighted by Crippen LogP contribution is -2.27. The van der Waals surface area contributed by atoms with Gasteiger partial charge in [0.15, 0.2) is 0 Å². The normalized spacial score (nSPS) is 16.1. The van der Waals surface area contributed by atoms with E-state index in [4.69, 9.17) is 16.3 Å². The van der Waals surface area contributed by atoms with Crippen molar-refractivity contribution < 1.29 is 14.3 Å². The van der Waals surface area contributed by atoms with Gasteiger partial charge in [-0.25, -0.2) is 4.90 Å². The van der Waals surface area contributed by atoms with Gasteiger partial charge in [-0.15, -0.1) is 0 Å². The van der Waals surface area contributed by atoms with Gasteiger partial charge in [0.25, 0.3) is 11.1 Å². The van der Waals surface area contributed by atoms with Crippen molar-refractivity contribution in [3.8, 4) is 5.75 Å². The van der Waals surface area contributed by atoms with E-state index in [0.717, 1.165) is 21.1 Å². The molecule has 0 aromatic heterocycles. The standard InChI is InChI=1S/C17H11BrClNO3S/c1-23-14-7-2-11(18)8-10(14)9-15-16(21)20(17(22)24-15)13-5-3-12(19)4-6-13/h2-9H,1H3/b15-9+. The summed E-state index contributed by atoms with van der Waals surface area (Å²) in [5.41, 5.74) is 1.21. The van der Waals surface area contributed by atoms with Crippen molar-refractivity contribution in [2.24, 2.45) is 0 Å². The second-order valence-electron chi connectivity index (χ2n) is 4.88. The highest BCUT2D eigenvalue weighted by Crippen LogP contribution is 2.37. The minimum Gasteiger partial charge on any atom is -0.496 e. The van der Waals surface area contributed by atoms with Crippen LogP contribution in [0.2, 0.25) is 5.02 Å². The minimum absolute atomic E-state index is 0.339. The van der Waals surface area contributed by atoms with Gasteiger partial charge in [-0.05, 0) is 60.3 Å². The SMILES string of the molecule is COc1ccc(Br)cc1/C=C1/SC(=O)N(c2ccc(Cl)cc2)C1=O. The van der Waals surface area contributed by atoms with E-state index in [1.807, 2.05) is 12.1 Å². The van der Waals surface area contributed by atoms with Gasteiger partial charge in [-0.2, -0.15) is 0 Å². The summed E-state index contributed by atoms with van der Waals surface area (Å²) >= 11 is 10.1. The van der Waals surface area contributed by atoms with E-state index >= 15 is 0 Å². The molecular weight excluding hydrogens is 414 g/mol. The van der Waals surface area contributed by atoms with E-state index in [-0.39, 0.29) is 11.1 Å². The van der Waals surface area contributed by atoms with Gasteiger partial charge in [-0.3, -0.25) is 9.59 Å². The molecule has 2 aromatic carbocycles. The Hall–Kier alpha value is -1.76. The number of imide groups is 1. The Morgan fingerprint density at radius 1 is 1.17 bits per heavy atom. The van der Waals surface area contributed by atoms with Gasteiger partial charge in [-0.1, -0.05) is 27.5 Å². The van der Waals surface area contributed by atoms with Crippen LogP contribution in [0, 0.1) is 0 Å². The molecule has 0 saturated carbocycles. The van der Waals surface area contributed by atoms with Gasteiger partial charge >= 0.3 is 0 Å². The number of amides is 2. The average molecular weight is 425 g/mol. The molecule has 0 radical (unpaired) electrons. The monoisotopic (exact) mass is 423 g/mol. The summed E-state index contributed by atoms with van der Waals surface area (Å²) in [7, 11) is 1.56. The number of hydrogen-bond donors (Lipinski definition) is 0. The highest BCUT2D eigenvalue weighted by atomic mass is 79.9. The van der Waals surface area contributed by atoms with E-state index in [1.165, 1.54) is 0 Å². The van der Waals surface area contributed by atoms with Crippen LogP contribution in [-0.4, -0.2) is 18.3 Å². The molecule has 1 heterocycles. The lowest BCUT2D eigenvalue weighted by Gasteiger charge is -2.12. The molecule has 0 atom stereocenters. The van der Waals surface area contributed by atoms with Crippen LogP contribution in [-0.2, 0) is 4.79 Å². The van der Waals surface area contributed by atoms with Crippen LogP contribution in [0.25, 0.3) is 6.08 Å². The number of rotatable bonds is 3. The van der Waals surface area contributed by atoms with E-state index in [2.05, 4.69) is 15.9 Å². The number of hydrogen-bond acceptors (Lipinski definition) is 4. The zero-order valence-electron chi connectivity index (χ0n) is 12.5. The summed E-state index contributed by atoms with van der Waals surface area (Å²) in [6.45, 7) is 0. The Balaban J connectivity index is 1.97. The highest BCUT2D eigenvalue weighted by Gasteiger charge is 2.36. The van der Waals surface area contributed by atoms with Crippen molar-refractivity contribution in [3.05, 3.63) is 62.4 Å². The summed E-state index contributed by atoms with van der Waals surface area (Å²) in [5, 5.41) is 0.197. The third-order valence-electron chi connectivity index (χ3n) is 3.36. The van der Waals surface area contributed by atoms with E-state index in [9.17, 15) is 9.59 Å². The fourth-order valence-corrected chi connectivity index (χ4v) is 3.58. The van der Waals surface area contributed by atoms with Gasteiger partial charge in [0, 0.05) is 15.1 Å². The molecule has 0 aliphatic carbocycles. The number of thioether (sulfide) groups is 1. The second-order valence-corrected chi connectivity index (χ2v) is 7.23. The molecule has 4 nitrogen and oxygen atoms in total. The maximum Gasteiger partial charge on any atom is 0.298 e. The molecule has 2 amide bonds. The molecule has 122 valence electrons. The zero-order chi connectivity index (χ0) is 17.3. The predicted molar refractivity (Wildman–Crippen MR) is 101 cm³/mol. The summed E-state index contributed by atoms with van der Waals surface area (Å²) in [6.07, 6.45) is 1.66. The van der Waals surface area contributed by atoms with Gasteiger partial charge in [0.05, 0.1) is 17.7 Å². The molecule has 1 saturated heterocycles. The topological polar surface area (TPSA) is 46.6 Å². The van der Waals surface area contributed by atoms with Crippen molar-refractivity contribution in [2.45, 2.75) is 0 Å². The molecule has 0 spiro atoms. The predicted octanol–water partition coefficient (Wildman–Crippen LogP) is 5.35. The number of methoxy groups -OCH3 is 1. The Kier molecular flexibility index (Phi) is 4.99. The fourth-order valence-electron chi connectivity index (χ4n) is 2.24. The summed E-state index contributed by atoms with van der Waals surface area (Å²) in [6, 6.07) is 12.0. The third-order valence-corrected chi connectivity index (χ3v) is 4.97. The van der Waals surface area contributed by atoms with Crippen LogP contribution < -0.4 is 9.64 Å². The van der Waals surface area contributed by atoms with Crippen LogP contribution in [0.15, 0.2) is 51.8 Å². The first-order valence-electron chi connectivity index (χ1n) is 6.86. The molecule has 0 bridgehead atoms. The van der Waals surface area contributed by atoms with Crippen molar-refractivity contribution in [1.29, 1.82) is 0 Å². The maximum absolute atomic E-state index is 12.6. The van der Waals surface area contributed by atoms with Crippen LogP contribution in [0.3, 0.4) is 0 Å². The average Bonchev–Trinajstić information content (AvgIpc) is 2.83. The van der Waals surface area contributed by atoms with Gasteiger partial charge in [0.1, 0.15) is 5.75 Å². The van der Waals surface area contributed by atoms with E-state index in [0.29, 0.717) is 26.9 Å². The Labute approximate surface area is 156 Å². The zero-order valence-corrected chi connectivity index (χ0v) is 15.6. The van der Waals surface area contributed by atoms with E-state index < -0.39 is 0 Å². The summed E-state index contributed by atoms with van der Waals surface area (Å²) in [4.78, 5) is 26.3. The Morgan fingerprint density at radius 3 is 2.54 bits per heavy atom. The van der Waals surface area contributed by atoms with E-state index in [1.54, 1.807) is 43.5 Å². The number of anilines is 1. The highest BCUT2D eigenvalue weighted by molar-refractivity contribution is 9.10. The smallest absolute Gasteiger partial charge is 0.298 e. The minimum atomic E-state index is -0.366. The molecule has 2 aromatic rings. The quantitative estimate of drug-likeness (QED) is 0.623. The van der Waals surface area contributed by atoms with Crippen molar-refractivity contribution in [1.82, 2.24) is 0 Å². The maximum atomic E-state index is 12.6. The molecule has 3 rings (SSSR count). The molecule has 0 unspecified atom stereocenters. The first-order valence-corrected chi connectivity index (χ1v) is 8.85. The molecule has 7 heteroatoms. The van der Waals surface area contributed by atoms with Crippen LogP contribution in [0.1, 0.15) is 5.56 Å². The molecule has 1 aliphatic rings. The number of halogens is 2. The first-order chi connectivity index (χ1) is 11.5. The number of carbonyl (C=O) groups is 2. The molecule has 1 fully saturated rings.